The van der Waals surface area contributed by atoms with Crippen molar-refractivity contribution >= 4 is 17.2 Å². The van der Waals surface area contributed by atoms with Crippen LogP contribution in [0.5, 0.6) is 0 Å². The van der Waals surface area contributed by atoms with Crippen LogP contribution in [0.1, 0.15) is 19.4 Å². The smallest absolute Gasteiger partial charge is 0.343 e. The Morgan fingerprint density at radius 2 is 2.67 bits per heavy atom. The second-order valence-electron chi connectivity index (χ2n) is 2.59. The van der Waals surface area contributed by atoms with Gasteiger partial charge in [-0.3, -0.25) is 4.57 Å². The van der Waals surface area contributed by atoms with Crippen molar-refractivity contribution in [3.63, 3.8) is 0 Å². The van der Waals surface area contributed by atoms with Gasteiger partial charge in [0.2, 0.25) is 0 Å². The van der Waals surface area contributed by atoms with E-state index in [0.717, 1.165) is 0 Å². The van der Waals surface area contributed by atoms with E-state index < -0.39 is 0 Å². The molecule has 66 valence electrons. The van der Waals surface area contributed by atoms with Gasteiger partial charge in [0.1, 0.15) is 6.33 Å². The Morgan fingerprint density at radius 1 is 2.00 bits per heavy atom. The summed E-state index contributed by atoms with van der Waals surface area (Å²) in [6.07, 6.45) is 1.94. The fourth-order valence-corrected chi connectivity index (χ4v) is 1.20. The highest BCUT2D eigenvalue weighted by molar-refractivity contribution is 7.80. The van der Waals surface area contributed by atoms with E-state index in [1.807, 2.05) is 6.92 Å². The van der Waals surface area contributed by atoms with Crippen LogP contribution in [-0.4, -0.2) is 19.8 Å². The maximum Gasteiger partial charge on any atom is 0.343 e. The predicted molar refractivity (Wildman–Crippen MR) is 49.0 cm³/mol. The van der Waals surface area contributed by atoms with Crippen molar-refractivity contribution in [2.75, 3.05) is 0 Å². The van der Waals surface area contributed by atoms with Crippen LogP contribution < -0.4 is 11.4 Å². The van der Waals surface area contributed by atoms with Gasteiger partial charge in [-0.15, -0.1) is 0 Å². The zero-order valence-electron chi connectivity index (χ0n) is 6.65. The summed E-state index contributed by atoms with van der Waals surface area (Å²) in [4.78, 5) is 11.4. The average Bonchev–Trinajstić information content (AvgIpc) is 2.33. The SMILES string of the molecule is CC(CC(N)=S)n1cn[nH]c1=O. The van der Waals surface area contributed by atoms with Crippen LogP contribution in [0, 0.1) is 0 Å². The third-order valence-corrected chi connectivity index (χ3v) is 1.71. The molecule has 0 saturated heterocycles. The molecule has 12 heavy (non-hydrogen) atoms. The number of aromatic nitrogens is 3. The van der Waals surface area contributed by atoms with Gasteiger partial charge in [-0.05, 0) is 6.92 Å². The van der Waals surface area contributed by atoms with E-state index in [1.54, 1.807) is 0 Å². The molecule has 0 spiro atoms. The van der Waals surface area contributed by atoms with E-state index in [0.29, 0.717) is 11.4 Å². The van der Waals surface area contributed by atoms with E-state index in [4.69, 9.17) is 18.0 Å². The molecule has 0 saturated carbocycles. The van der Waals surface area contributed by atoms with E-state index in [1.165, 1.54) is 10.9 Å². The van der Waals surface area contributed by atoms with Crippen LogP contribution in [0.2, 0.25) is 0 Å². The molecule has 0 aromatic carbocycles. The van der Waals surface area contributed by atoms with Crippen molar-refractivity contribution in [1.29, 1.82) is 0 Å². The molecule has 0 aliphatic heterocycles. The van der Waals surface area contributed by atoms with E-state index in [9.17, 15) is 4.79 Å². The topological polar surface area (TPSA) is 76.7 Å². The highest BCUT2D eigenvalue weighted by atomic mass is 32.1. The third-order valence-electron chi connectivity index (χ3n) is 1.55. The molecule has 0 aliphatic rings. The van der Waals surface area contributed by atoms with Crippen LogP contribution in [0.25, 0.3) is 0 Å². The van der Waals surface area contributed by atoms with Crippen LogP contribution >= 0.6 is 12.2 Å². The molecule has 0 bridgehead atoms. The summed E-state index contributed by atoms with van der Waals surface area (Å²) in [5, 5.41) is 5.89. The first-order chi connectivity index (χ1) is 5.61. The Balaban J connectivity index is 2.78. The standard InChI is InChI=1S/C6H10N4OS/c1-4(2-5(7)12)10-3-8-9-6(10)11/h3-4H,2H2,1H3,(H2,7,12)(H,9,11). The number of hydrogen-bond acceptors (Lipinski definition) is 3. The summed E-state index contributed by atoms with van der Waals surface area (Å²) < 4.78 is 1.46. The predicted octanol–water partition coefficient (Wildman–Crippen LogP) is -0.191. The first-order valence-corrected chi connectivity index (χ1v) is 3.92. The lowest BCUT2D eigenvalue weighted by Crippen LogP contribution is -2.23. The summed E-state index contributed by atoms with van der Waals surface area (Å²) in [5.74, 6) is 0. The molecule has 1 aromatic rings. The third kappa shape index (κ3) is 1.91. The minimum atomic E-state index is -0.237. The van der Waals surface area contributed by atoms with Crippen molar-refractivity contribution in [3.05, 3.63) is 16.8 Å². The van der Waals surface area contributed by atoms with Crippen LogP contribution in [0.3, 0.4) is 0 Å². The average molecular weight is 186 g/mol. The zero-order valence-corrected chi connectivity index (χ0v) is 7.47. The zero-order chi connectivity index (χ0) is 9.14. The molecule has 6 heteroatoms. The van der Waals surface area contributed by atoms with Crippen molar-refractivity contribution < 1.29 is 0 Å². The van der Waals surface area contributed by atoms with Gasteiger partial charge < -0.3 is 5.73 Å². The maximum atomic E-state index is 11.0. The summed E-state index contributed by atoms with van der Waals surface area (Å²) in [6.45, 7) is 1.86. The van der Waals surface area contributed by atoms with Gasteiger partial charge in [0.25, 0.3) is 0 Å². The Hall–Kier alpha value is -1.17. The lowest BCUT2D eigenvalue weighted by molar-refractivity contribution is 0.550. The minimum absolute atomic E-state index is 0.0336. The number of aromatic amines is 1. The van der Waals surface area contributed by atoms with Crippen molar-refractivity contribution in [3.8, 4) is 0 Å². The summed E-state index contributed by atoms with van der Waals surface area (Å²) in [7, 11) is 0. The number of nitrogens with zero attached hydrogens (tertiary/aromatic N) is 2. The van der Waals surface area contributed by atoms with Crippen molar-refractivity contribution in [1.82, 2.24) is 14.8 Å². The monoisotopic (exact) mass is 186 g/mol. The molecule has 1 aromatic heterocycles. The van der Waals surface area contributed by atoms with Crippen LogP contribution in [-0.2, 0) is 0 Å². The Bertz CT molecular complexity index is 328. The van der Waals surface area contributed by atoms with Gasteiger partial charge in [-0.1, -0.05) is 12.2 Å². The molecule has 0 aliphatic carbocycles. The van der Waals surface area contributed by atoms with Gasteiger partial charge >= 0.3 is 5.69 Å². The first-order valence-electron chi connectivity index (χ1n) is 3.51. The second kappa shape index (κ2) is 3.48. The Kier molecular flexibility index (Phi) is 2.59. The molecule has 0 fully saturated rings. The minimum Gasteiger partial charge on any atom is -0.393 e. The molecule has 0 amide bonds. The van der Waals surface area contributed by atoms with E-state index >= 15 is 0 Å². The molecule has 1 atom stereocenters. The number of hydrogen-bond donors (Lipinski definition) is 2. The van der Waals surface area contributed by atoms with Crippen molar-refractivity contribution in [2.24, 2.45) is 5.73 Å². The number of nitrogens with two attached hydrogens (primary N) is 1. The van der Waals surface area contributed by atoms with Crippen LogP contribution in [0.4, 0.5) is 0 Å². The number of nitrogens with one attached hydrogen (secondary N) is 1. The Labute approximate surface area is 74.6 Å². The van der Waals surface area contributed by atoms with E-state index in [2.05, 4.69) is 10.2 Å². The quantitative estimate of drug-likeness (QED) is 0.641. The molecule has 1 rings (SSSR count). The van der Waals surface area contributed by atoms with Gasteiger partial charge in [-0.25, -0.2) is 9.89 Å². The summed E-state index contributed by atoms with van der Waals surface area (Å²) in [5.41, 5.74) is 5.10. The molecule has 3 N–H and O–H groups in total. The van der Waals surface area contributed by atoms with Crippen molar-refractivity contribution in [2.45, 2.75) is 19.4 Å². The number of rotatable bonds is 3. The van der Waals surface area contributed by atoms with Crippen LogP contribution in [0.15, 0.2) is 11.1 Å². The molecule has 5 nitrogen and oxygen atoms in total. The normalized spacial score (nSPS) is 12.8. The highest BCUT2D eigenvalue weighted by Gasteiger charge is 2.07. The maximum absolute atomic E-state index is 11.0. The molecular formula is C6H10N4OS. The fourth-order valence-electron chi connectivity index (χ4n) is 0.960. The molecule has 0 radical (unpaired) electrons. The molecular weight excluding hydrogens is 176 g/mol. The highest BCUT2D eigenvalue weighted by Crippen LogP contribution is 2.05. The lowest BCUT2D eigenvalue weighted by atomic mass is 10.2. The fraction of sp³-hybridized carbons (Fsp3) is 0.500. The first kappa shape index (κ1) is 8.92. The van der Waals surface area contributed by atoms with Gasteiger partial charge in [0.05, 0.1) is 4.99 Å². The molecule has 1 unspecified atom stereocenters. The summed E-state index contributed by atoms with van der Waals surface area (Å²) in [6, 6.07) is -0.0336. The number of H-pyrrole nitrogens is 1. The number of thiocarbonyl (C=S) groups is 1. The van der Waals surface area contributed by atoms with Gasteiger partial charge in [0, 0.05) is 12.5 Å². The summed E-state index contributed by atoms with van der Waals surface area (Å²) >= 11 is 4.72. The van der Waals surface area contributed by atoms with E-state index in [-0.39, 0.29) is 11.7 Å². The van der Waals surface area contributed by atoms with Gasteiger partial charge in [0.15, 0.2) is 0 Å². The molecule has 1 heterocycles. The second-order valence-corrected chi connectivity index (χ2v) is 3.11. The van der Waals surface area contributed by atoms with Gasteiger partial charge in [-0.2, -0.15) is 5.10 Å². The largest absolute Gasteiger partial charge is 0.393 e. The lowest BCUT2D eigenvalue weighted by Gasteiger charge is -2.08. The Morgan fingerprint density at radius 3 is 3.08 bits per heavy atom.